The first-order valence-electron chi connectivity index (χ1n) is 8.45. The van der Waals surface area contributed by atoms with E-state index in [1.807, 2.05) is 0 Å². The zero-order valence-electron chi connectivity index (χ0n) is 14.4. The molecule has 2 atom stereocenters. The lowest BCUT2D eigenvalue weighted by molar-refractivity contribution is 0.0967. The number of fused-ring (bicyclic) bond motifs is 1. The molecule has 7 nitrogen and oxygen atoms in total. The van der Waals surface area contributed by atoms with Gasteiger partial charge in [0.1, 0.15) is 28.7 Å². The molecular formula is C21H15NO6. The van der Waals surface area contributed by atoms with E-state index in [-0.39, 0.29) is 40.0 Å². The van der Waals surface area contributed by atoms with E-state index in [4.69, 9.17) is 0 Å². The van der Waals surface area contributed by atoms with E-state index >= 15 is 0 Å². The van der Waals surface area contributed by atoms with E-state index in [0.29, 0.717) is 16.7 Å². The van der Waals surface area contributed by atoms with Crippen LogP contribution in [0.25, 0.3) is 0 Å². The lowest BCUT2D eigenvalue weighted by Crippen LogP contribution is -2.13. The second-order valence-electron chi connectivity index (χ2n) is 6.71. The van der Waals surface area contributed by atoms with Gasteiger partial charge in [0.25, 0.3) is 0 Å². The molecule has 28 heavy (non-hydrogen) atoms. The third kappa shape index (κ3) is 2.73. The van der Waals surface area contributed by atoms with E-state index < -0.39 is 11.8 Å². The maximum atomic E-state index is 13.2. The number of carbonyl (C=O) groups is 1. The summed E-state index contributed by atoms with van der Waals surface area (Å²) in [7, 11) is 0. The molecule has 4 N–H and O–H groups in total. The molecular weight excluding hydrogens is 362 g/mol. The zero-order valence-corrected chi connectivity index (χ0v) is 14.4. The summed E-state index contributed by atoms with van der Waals surface area (Å²) in [5, 5.41) is 42.3. The number of carbonyl (C=O) groups excluding carboxylic acids is 1. The monoisotopic (exact) mass is 377 g/mol. The van der Waals surface area contributed by atoms with Crippen LogP contribution in [0.15, 0.2) is 59.8 Å². The number of hydrogen-bond donors (Lipinski definition) is 4. The summed E-state index contributed by atoms with van der Waals surface area (Å²) >= 11 is 0. The molecule has 1 aliphatic rings. The first kappa shape index (κ1) is 17.5. The number of aromatic hydroxyl groups is 4. The van der Waals surface area contributed by atoms with Gasteiger partial charge >= 0.3 is 0 Å². The molecule has 0 bridgehead atoms. The molecule has 0 radical (unpaired) electrons. The van der Waals surface area contributed by atoms with E-state index in [9.17, 15) is 30.1 Å². The Labute approximate surface area is 159 Å². The first-order valence-corrected chi connectivity index (χ1v) is 8.45. The minimum atomic E-state index is -0.793. The van der Waals surface area contributed by atoms with E-state index in [1.165, 1.54) is 36.4 Å². The van der Waals surface area contributed by atoms with Crippen molar-refractivity contribution in [3.8, 4) is 23.0 Å². The highest BCUT2D eigenvalue weighted by atomic mass is 16.3. The average Bonchev–Trinajstić information content (AvgIpc) is 2.94. The standard InChI is InChI=1S/C21H15NO6/c23-12-3-1-10(2-4-12)19-18(11-5-13(24)7-14(25)6-11)20-16(21(19)27)8-15(26)9-17(20)22-28/h1-9,18-19,23-26H. The van der Waals surface area contributed by atoms with E-state index in [0.717, 1.165) is 6.07 Å². The van der Waals surface area contributed by atoms with E-state index in [2.05, 4.69) is 5.18 Å². The number of hydrogen-bond acceptors (Lipinski definition) is 7. The Hall–Kier alpha value is -3.87. The maximum absolute atomic E-state index is 13.2. The summed E-state index contributed by atoms with van der Waals surface area (Å²) in [5.74, 6) is -2.47. The van der Waals surface area contributed by atoms with Crippen molar-refractivity contribution in [1.82, 2.24) is 0 Å². The fourth-order valence-corrected chi connectivity index (χ4v) is 3.90. The number of Topliss-reactive ketones (excluding diaryl/α,β-unsaturated/α-hetero) is 1. The molecule has 0 amide bonds. The van der Waals surface area contributed by atoms with Gasteiger partial charge in [0.2, 0.25) is 0 Å². The second-order valence-corrected chi connectivity index (χ2v) is 6.71. The van der Waals surface area contributed by atoms with E-state index in [1.54, 1.807) is 12.1 Å². The molecule has 3 aromatic carbocycles. The summed E-state index contributed by atoms with van der Waals surface area (Å²) in [6.07, 6.45) is 0. The third-order valence-electron chi connectivity index (χ3n) is 4.97. The van der Waals surface area contributed by atoms with Crippen LogP contribution in [0.3, 0.4) is 0 Å². The highest BCUT2D eigenvalue weighted by Crippen LogP contribution is 2.53. The smallest absolute Gasteiger partial charge is 0.171 e. The predicted molar refractivity (Wildman–Crippen MR) is 100 cm³/mol. The van der Waals surface area contributed by atoms with Gasteiger partial charge in [-0.05, 0) is 46.6 Å². The summed E-state index contributed by atoms with van der Waals surface area (Å²) in [5.41, 5.74) is 1.38. The summed E-state index contributed by atoms with van der Waals surface area (Å²) in [6.45, 7) is 0. The Kier molecular flexibility index (Phi) is 4.00. The number of rotatable bonds is 3. The van der Waals surface area contributed by atoms with Gasteiger partial charge in [-0.1, -0.05) is 12.1 Å². The number of phenols is 4. The van der Waals surface area contributed by atoms with Gasteiger partial charge in [-0.3, -0.25) is 4.79 Å². The molecule has 7 heteroatoms. The van der Waals surface area contributed by atoms with Crippen LogP contribution in [-0.2, 0) is 0 Å². The molecule has 2 unspecified atom stereocenters. The first-order chi connectivity index (χ1) is 13.4. The highest BCUT2D eigenvalue weighted by molar-refractivity contribution is 6.08. The van der Waals surface area contributed by atoms with Crippen molar-refractivity contribution in [2.24, 2.45) is 5.18 Å². The number of phenolic OH excluding ortho intramolecular Hbond substituents is 4. The van der Waals surface area contributed by atoms with Crippen LogP contribution in [0.2, 0.25) is 0 Å². The molecule has 0 heterocycles. The average molecular weight is 377 g/mol. The van der Waals surface area contributed by atoms with Crippen LogP contribution >= 0.6 is 0 Å². The molecule has 1 aliphatic carbocycles. The fraction of sp³-hybridized carbons (Fsp3) is 0.0952. The van der Waals surface area contributed by atoms with Gasteiger partial charge in [0, 0.05) is 29.2 Å². The van der Waals surface area contributed by atoms with Crippen molar-refractivity contribution in [3.05, 3.63) is 81.8 Å². The number of nitroso groups, excluding NO2 is 1. The topological polar surface area (TPSA) is 127 Å². The zero-order chi connectivity index (χ0) is 20.0. The summed E-state index contributed by atoms with van der Waals surface area (Å²) in [6, 6.07) is 12.5. The lowest BCUT2D eigenvalue weighted by Gasteiger charge is -2.21. The second kappa shape index (κ2) is 6.38. The third-order valence-corrected chi connectivity index (χ3v) is 4.97. The molecule has 0 spiro atoms. The molecule has 0 saturated carbocycles. The van der Waals surface area contributed by atoms with Crippen molar-refractivity contribution in [2.75, 3.05) is 0 Å². The SMILES string of the molecule is O=Nc1cc(O)cc2c1C(c1cc(O)cc(O)c1)C(c1ccc(O)cc1)C2=O. The van der Waals surface area contributed by atoms with Crippen LogP contribution in [0, 0.1) is 4.91 Å². The Bertz CT molecular complexity index is 1090. The molecule has 3 aromatic rings. The van der Waals surface area contributed by atoms with Gasteiger partial charge in [-0.2, -0.15) is 0 Å². The lowest BCUT2D eigenvalue weighted by atomic mass is 9.81. The molecule has 0 aromatic heterocycles. The maximum Gasteiger partial charge on any atom is 0.171 e. The summed E-state index contributed by atoms with van der Waals surface area (Å²) in [4.78, 5) is 24.6. The molecule has 0 saturated heterocycles. The van der Waals surface area contributed by atoms with Gasteiger partial charge in [0.05, 0.1) is 5.92 Å². The Balaban J connectivity index is 2.01. The number of benzene rings is 3. The van der Waals surface area contributed by atoms with Crippen LogP contribution in [0.4, 0.5) is 5.69 Å². The van der Waals surface area contributed by atoms with Crippen molar-refractivity contribution in [3.63, 3.8) is 0 Å². The molecule has 4 rings (SSSR count). The largest absolute Gasteiger partial charge is 0.508 e. The quantitative estimate of drug-likeness (QED) is 0.511. The Morgan fingerprint density at radius 3 is 1.89 bits per heavy atom. The van der Waals surface area contributed by atoms with Gasteiger partial charge in [-0.25, -0.2) is 0 Å². The van der Waals surface area contributed by atoms with Crippen molar-refractivity contribution >= 4 is 11.5 Å². The molecule has 0 fully saturated rings. The normalized spacial score (nSPS) is 18.1. The Morgan fingerprint density at radius 1 is 0.679 bits per heavy atom. The number of nitrogens with zero attached hydrogens (tertiary/aromatic N) is 1. The van der Waals surface area contributed by atoms with Crippen LogP contribution in [-0.4, -0.2) is 26.2 Å². The molecule has 0 aliphatic heterocycles. The predicted octanol–water partition coefficient (Wildman–Crippen LogP) is 4.02. The van der Waals surface area contributed by atoms with Gasteiger partial charge in [-0.15, -0.1) is 4.91 Å². The fourth-order valence-electron chi connectivity index (χ4n) is 3.90. The van der Waals surface area contributed by atoms with Gasteiger partial charge in [0.15, 0.2) is 5.78 Å². The van der Waals surface area contributed by atoms with Gasteiger partial charge < -0.3 is 20.4 Å². The minimum absolute atomic E-state index is 0.0335. The van der Waals surface area contributed by atoms with Crippen LogP contribution in [0.5, 0.6) is 23.0 Å². The van der Waals surface area contributed by atoms with Crippen molar-refractivity contribution in [2.45, 2.75) is 11.8 Å². The number of ketones is 1. The minimum Gasteiger partial charge on any atom is -0.508 e. The van der Waals surface area contributed by atoms with Crippen molar-refractivity contribution in [1.29, 1.82) is 0 Å². The highest BCUT2D eigenvalue weighted by Gasteiger charge is 2.44. The van der Waals surface area contributed by atoms with Crippen LogP contribution < -0.4 is 0 Å². The molecule has 140 valence electrons. The van der Waals surface area contributed by atoms with Crippen molar-refractivity contribution < 1.29 is 25.2 Å². The Morgan fingerprint density at radius 2 is 1.29 bits per heavy atom. The van der Waals surface area contributed by atoms with Crippen LogP contribution in [0.1, 0.15) is 38.9 Å². The summed E-state index contributed by atoms with van der Waals surface area (Å²) < 4.78 is 0.